The van der Waals surface area contributed by atoms with Crippen LogP contribution in [0.1, 0.15) is 5.56 Å². The van der Waals surface area contributed by atoms with E-state index in [0.717, 1.165) is 6.07 Å². The van der Waals surface area contributed by atoms with Crippen LogP contribution < -0.4 is 0 Å². The molecule has 7 nitrogen and oxygen atoms in total. The molecule has 0 aliphatic carbocycles. The highest BCUT2D eigenvalue weighted by Gasteiger charge is 2.29. The molecule has 0 aliphatic rings. The molecule has 0 heterocycles. The lowest BCUT2D eigenvalue weighted by molar-refractivity contribution is -0.387. The van der Waals surface area contributed by atoms with Crippen molar-refractivity contribution in [1.82, 2.24) is 0 Å². The summed E-state index contributed by atoms with van der Waals surface area (Å²) in [5.41, 5.74) is -0.452. The maximum absolute atomic E-state index is 11.7. The molecule has 8 heteroatoms. The maximum atomic E-state index is 11.7. The van der Waals surface area contributed by atoms with Gasteiger partial charge in [-0.3, -0.25) is 14.9 Å². The van der Waals surface area contributed by atoms with Crippen LogP contribution in [0, 0.1) is 17.0 Å². The number of nitro benzene ring substituents is 1. The summed E-state index contributed by atoms with van der Waals surface area (Å²) in [5.74, 6) is -2.72. The van der Waals surface area contributed by atoms with Crippen LogP contribution in [-0.4, -0.2) is 30.2 Å². The Kier molecular flexibility index (Phi) is 3.47. The molecule has 0 radical (unpaired) electrons. The molecule has 0 unspecified atom stereocenters. The maximum Gasteiger partial charge on any atom is 0.319 e. The standard InChI is InChI=1S/C9H9NO6S/c1-6-3-2-4-7(10(13)14)9(6)17(15,16)5-8(11)12/h2-4H,5H2,1H3,(H,11,12). The smallest absolute Gasteiger partial charge is 0.319 e. The molecule has 92 valence electrons. The number of carbonyl (C=O) groups is 1. The number of nitro groups is 1. The lowest BCUT2D eigenvalue weighted by atomic mass is 10.2. The van der Waals surface area contributed by atoms with Crippen molar-refractivity contribution in [2.45, 2.75) is 11.8 Å². The molecule has 1 N–H and O–H groups in total. The van der Waals surface area contributed by atoms with Crippen molar-refractivity contribution >= 4 is 21.5 Å². The minimum Gasteiger partial charge on any atom is -0.480 e. The van der Waals surface area contributed by atoms with Gasteiger partial charge in [-0.1, -0.05) is 12.1 Å². The van der Waals surface area contributed by atoms with E-state index >= 15 is 0 Å². The van der Waals surface area contributed by atoms with Gasteiger partial charge >= 0.3 is 5.97 Å². The van der Waals surface area contributed by atoms with E-state index in [1.807, 2.05) is 0 Å². The summed E-state index contributed by atoms with van der Waals surface area (Å²) in [6, 6.07) is 3.75. The van der Waals surface area contributed by atoms with E-state index in [1.54, 1.807) is 0 Å². The van der Waals surface area contributed by atoms with Crippen LogP contribution in [0.2, 0.25) is 0 Å². The van der Waals surface area contributed by atoms with Crippen molar-refractivity contribution in [1.29, 1.82) is 0 Å². The van der Waals surface area contributed by atoms with Gasteiger partial charge in [0.1, 0.15) is 4.90 Å². The van der Waals surface area contributed by atoms with Crippen molar-refractivity contribution < 1.29 is 23.2 Å². The predicted octanol–water partition coefficient (Wildman–Crippen LogP) is 0.762. The monoisotopic (exact) mass is 259 g/mol. The fourth-order valence-electron chi connectivity index (χ4n) is 1.42. The Labute approximate surface area is 96.8 Å². The van der Waals surface area contributed by atoms with Crippen LogP contribution in [-0.2, 0) is 14.6 Å². The van der Waals surface area contributed by atoms with E-state index in [1.165, 1.54) is 19.1 Å². The molecule has 0 amide bonds. The topological polar surface area (TPSA) is 115 Å². The molecule has 0 aliphatic heterocycles. The van der Waals surface area contributed by atoms with Crippen LogP contribution in [0.15, 0.2) is 23.1 Å². The Morgan fingerprint density at radius 2 is 2.06 bits per heavy atom. The SMILES string of the molecule is Cc1cccc([N+](=O)[O-])c1S(=O)(=O)CC(=O)O. The van der Waals surface area contributed by atoms with Gasteiger partial charge in [0.05, 0.1) is 4.92 Å². The minimum atomic E-state index is -4.21. The Morgan fingerprint density at radius 1 is 1.47 bits per heavy atom. The number of rotatable bonds is 4. The zero-order valence-electron chi connectivity index (χ0n) is 8.78. The van der Waals surface area contributed by atoms with Crippen molar-refractivity contribution in [2.24, 2.45) is 0 Å². The van der Waals surface area contributed by atoms with Gasteiger partial charge in [-0.05, 0) is 12.5 Å². The summed E-state index contributed by atoms with van der Waals surface area (Å²) in [6.07, 6.45) is 0. The van der Waals surface area contributed by atoms with Gasteiger partial charge < -0.3 is 5.11 Å². The Bertz CT molecular complexity index is 577. The number of benzene rings is 1. The number of carboxylic acids is 1. The lowest BCUT2D eigenvalue weighted by Gasteiger charge is -2.05. The largest absolute Gasteiger partial charge is 0.480 e. The van der Waals surface area contributed by atoms with Crippen LogP contribution in [0.4, 0.5) is 5.69 Å². The van der Waals surface area contributed by atoms with Gasteiger partial charge in [0, 0.05) is 6.07 Å². The third-order valence-electron chi connectivity index (χ3n) is 2.01. The highest BCUT2D eigenvalue weighted by molar-refractivity contribution is 7.92. The molecule has 1 rings (SSSR count). The quantitative estimate of drug-likeness (QED) is 0.630. The molecule has 0 fully saturated rings. The third kappa shape index (κ3) is 2.78. The van der Waals surface area contributed by atoms with E-state index in [9.17, 15) is 23.3 Å². The van der Waals surface area contributed by atoms with E-state index in [-0.39, 0.29) is 5.56 Å². The van der Waals surface area contributed by atoms with E-state index < -0.39 is 37.1 Å². The second-order valence-electron chi connectivity index (χ2n) is 3.33. The first-order valence-corrected chi connectivity index (χ1v) is 6.09. The average Bonchev–Trinajstić information content (AvgIpc) is 2.14. The van der Waals surface area contributed by atoms with Crippen molar-refractivity contribution in [3.8, 4) is 0 Å². The van der Waals surface area contributed by atoms with Crippen molar-refractivity contribution in [3.05, 3.63) is 33.9 Å². The Morgan fingerprint density at radius 3 is 2.53 bits per heavy atom. The number of carboxylic acid groups (broad SMARTS) is 1. The molecule has 0 atom stereocenters. The van der Waals surface area contributed by atoms with Gasteiger partial charge in [0.25, 0.3) is 5.69 Å². The Balaban J connectivity index is 3.50. The first-order valence-electron chi connectivity index (χ1n) is 4.44. The molecule has 0 spiro atoms. The predicted molar refractivity (Wildman–Crippen MR) is 57.5 cm³/mol. The third-order valence-corrected chi connectivity index (χ3v) is 3.79. The molecular weight excluding hydrogens is 250 g/mol. The van der Waals surface area contributed by atoms with Gasteiger partial charge in [-0.2, -0.15) is 0 Å². The zero-order chi connectivity index (χ0) is 13.2. The van der Waals surface area contributed by atoms with Crippen molar-refractivity contribution in [3.63, 3.8) is 0 Å². The van der Waals surface area contributed by atoms with Gasteiger partial charge in [-0.25, -0.2) is 8.42 Å². The second kappa shape index (κ2) is 4.50. The van der Waals surface area contributed by atoms with Crippen molar-refractivity contribution in [2.75, 3.05) is 5.75 Å². The average molecular weight is 259 g/mol. The van der Waals surface area contributed by atoms with Crippen LogP contribution in [0.25, 0.3) is 0 Å². The highest BCUT2D eigenvalue weighted by atomic mass is 32.2. The number of sulfone groups is 1. The van der Waals surface area contributed by atoms with Crippen LogP contribution in [0.3, 0.4) is 0 Å². The molecule has 17 heavy (non-hydrogen) atoms. The van der Waals surface area contributed by atoms with Crippen LogP contribution >= 0.6 is 0 Å². The van der Waals surface area contributed by atoms with E-state index in [2.05, 4.69) is 0 Å². The molecule has 0 bridgehead atoms. The number of aliphatic carboxylic acids is 1. The summed E-state index contributed by atoms with van der Waals surface area (Å²) in [6.45, 7) is 1.38. The van der Waals surface area contributed by atoms with E-state index in [4.69, 9.17) is 5.11 Å². The van der Waals surface area contributed by atoms with Gasteiger partial charge in [0.2, 0.25) is 0 Å². The number of aryl methyl sites for hydroxylation is 1. The molecule has 1 aromatic carbocycles. The van der Waals surface area contributed by atoms with Crippen LogP contribution in [0.5, 0.6) is 0 Å². The normalized spacial score (nSPS) is 11.1. The van der Waals surface area contributed by atoms with Gasteiger partial charge in [0.15, 0.2) is 15.6 Å². The number of hydrogen-bond donors (Lipinski definition) is 1. The lowest BCUT2D eigenvalue weighted by Crippen LogP contribution is -2.17. The fourth-order valence-corrected chi connectivity index (χ4v) is 2.91. The molecular formula is C9H9NO6S. The summed E-state index contributed by atoms with van der Waals surface area (Å²) in [7, 11) is -4.21. The first kappa shape index (κ1) is 13.1. The molecule has 0 saturated heterocycles. The summed E-state index contributed by atoms with van der Waals surface area (Å²) >= 11 is 0. The second-order valence-corrected chi connectivity index (χ2v) is 5.26. The molecule has 0 saturated carbocycles. The molecule has 0 aromatic heterocycles. The number of nitrogens with zero attached hydrogens (tertiary/aromatic N) is 1. The summed E-state index contributed by atoms with van der Waals surface area (Å²) in [5, 5.41) is 19.2. The van der Waals surface area contributed by atoms with E-state index in [0.29, 0.717) is 0 Å². The molecule has 1 aromatic rings. The summed E-state index contributed by atoms with van der Waals surface area (Å²) < 4.78 is 23.4. The minimum absolute atomic E-state index is 0.153. The number of hydrogen-bond acceptors (Lipinski definition) is 5. The highest BCUT2D eigenvalue weighted by Crippen LogP contribution is 2.27. The fraction of sp³-hybridized carbons (Fsp3) is 0.222. The first-order chi connectivity index (χ1) is 7.75. The Hall–Kier alpha value is -1.96. The summed E-state index contributed by atoms with van der Waals surface area (Å²) in [4.78, 5) is 19.8. The van der Waals surface area contributed by atoms with Gasteiger partial charge in [-0.15, -0.1) is 0 Å². The zero-order valence-corrected chi connectivity index (χ0v) is 9.60.